The fourth-order valence-corrected chi connectivity index (χ4v) is 13.8. The third kappa shape index (κ3) is 8.48. The van der Waals surface area contributed by atoms with Gasteiger partial charge in [0.05, 0.1) is 4.92 Å². The van der Waals surface area contributed by atoms with E-state index in [1.54, 1.807) is 0 Å². The Morgan fingerprint density at radius 1 is 0.818 bits per heavy atom. The molecule has 0 saturated carbocycles. The van der Waals surface area contributed by atoms with Gasteiger partial charge in [-0.2, -0.15) is 0 Å². The summed E-state index contributed by atoms with van der Waals surface area (Å²) in [5, 5.41) is 13.0. The van der Waals surface area contributed by atoms with E-state index in [4.69, 9.17) is 21.7 Å². The maximum Gasteiger partial charge on any atom is 0.356 e. The molecule has 3 atom stereocenters. The van der Waals surface area contributed by atoms with Crippen LogP contribution in [0.3, 0.4) is 0 Å². The highest BCUT2D eigenvalue weighted by Crippen LogP contribution is 2.53. The molecule has 1 saturated heterocycles. The number of esters is 2. The average molecular weight is 809 g/mol. The van der Waals surface area contributed by atoms with Crippen LogP contribution in [-0.4, -0.2) is 47.7 Å². The molecule has 13 heteroatoms. The Balaban J connectivity index is 1.64. The van der Waals surface area contributed by atoms with E-state index in [-0.39, 0.29) is 17.7 Å². The zero-order valence-corrected chi connectivity index (χ0v) is 33.3. The number of hydrogen-bond donors (Lipinski definition) is 0. The normalized spacial score (nSPS) is 15.7. The monoisotopic (exact) mass is 808 g/mol. The van der Waals surface area contributed by atoms with Gasteiger partial charge in [-0.15, -0.1) is 11.8 Å². The van der Waals surface area contributed by atoms with E-state index in [0.29, 0.717) is 20.4 Å². The van der Waals surface area contributed by atoms with Crippen LogP contribution in [-0.2, 0) is 30.5 Å². The van der Waals surface area contributed by atoms with E-state index >= 15 is 9.59 Å². The van der Waals surface area contributed by atoms with E-state index in [9.17, 15) is 14.9 Å². The first-order valence-corrected chi connectivity index (χ1v) is 21.5. The van der Waals surface area contributed by atoms with Gasteiger partial charge in [0.15, 0.2) is 0 Å². The van der Waals surface area contributed by atoms with E-state index in [1.807, 2.05) is 128 Å². The maximum absolute atomic E-state index is 15.3. The minimum Gasteiger partial charge on any atom is -0.457 e. The van der Waals surface area contributed by atoms with Gasteiger partial charge >= 0.3 is 11.9 Å². The number of ether oxygens (including phenoxy) is 2. The number of carbonyl (C=O) groups is 3. The van der Waals surface area contributed by atoms with Crippen LogP contribution < -0.4 is 15.9 Å². The van der Waals surface area contributed by atoms with E-state index in [2.05, 4.69) is 0 Å². The van der Waals surface area contributed by atoms with Gasteiger partial charge in [-0.3, -0.25) is 24.6 Å². The van der Waals surface area contributed by atoms with E-state index in [0.717, 1.165) is 15.9 Å². The van der Waals surface area contributed by atoms with E-state index in [1.165, 1.54) is 59.6 Å². The number of nitro benzene ring substituents is 1. The molecule has 280 valence electrons. The van der Waals surface area contributed by atoms with Crippen molar-refractivity contribution >= 4 is 91.0 Å². The van der Waals surface area contributed by atoms with Crippen molar-refractivity contribution in [2.24, 2.45) is 5.92 Å². The minimum absolute atomic E-state index is 0.0942. The molecule has 0 aromatic heterocycles. The molecule has 1 heterocycles. The highest BCUT2D eigenvalue weighted by Gasteiger charge is 2.58. The average Bonchev–Trinajstić information content (AvgIpc) is 3.21. The van der Waals surface area contributed by atoms with Crippen molar-refractivity contribution in [3.05, 3.63) is 167 Å². The third-order valence-corrected chi connectivity index (χ3v) is 16.0. The van der Waals surface area contributed by atoms with Crippen LogP contribution >= 0.6 is 42.6 Å². The number of non-ortho nitro benzene ring substituents is 1. The molecule has 9 nitrogen and oxygen atoms in total. The van der Waals surface area contributed by atoms with Crippen LogP contribution in [0.15, 0.2) is 146 Å². The fourth-order valence-electron chi connectivity index (χ4n) is 6.63. The maximum atomic E-state index is 15.3. The van der Waals surface area contributed by atoms with Crippen molar-refractivity contribution in [1.82, 2.24) is 4.90 Å². The van der Waals surface area contributed by atoms with Gasteiger partial charge in [-0.25, -0.2) is 4.79 Å². The van der Waals surface area contributed by atoms with Crippen LogP contribution in [0.1, 0.15) is 31.1 Å². The number of likely N-dealkylation sites (tertiary alicyclic amines) is 1. The molecule has 0 radical (unpaired) electrons. The lowest BCUT2D eigenvalue weighted by atomic mass is 9.87. The summed E-state index contributed by atoms with van der Waals surface area (Å²) in [5.41, 5.74) is 1.20. The smallest absolute Gasteiger partial charge is 0.356 e. The Morgan fingerprint density at radius 3 is 1.76 bits per heavy atom. The number of thioether (sulfide) groups is 2. The number of amides is 1. The second-order valence-electron chi connectivity index (χ2n) is 12.4. The number of nitro groups is 1. The highest BCUT2D eigenvalue weighted by atomic mass is 32.2. The van der Waals surface area contributed by atoms with Crippen LogP contribution in [0.2, 0.25) is 0 Å². The Kier molecular flexibility index (Phi) is 13.1. The molecule has 5 aromatic carbocycles. The Bertz CT molecular complexity index is 2120. The molecule has 1 aliphatic rings. The van der Waals surface area contributed by atoms with Crippen LogP contribution in [0.4, 0.5) is 5.69 Å². The number of benzene rings is 5. The summed E-state index contributed by atoms with van der Waals surface area (Å²) >= 11 is 8.58. The van der Waals surface area contributed by atoms with Crippen molar-refractivity contribution in [3.8, 4) is 0 Å². The van der Waals surface area contributed by atoms with Gasteiger partial charge in [0.1, 0.15) is 32.9 Å². The van der Waals surface area contributed by atoms with Crippen molar-refractivity contribution < 1.29 is 28.8 Å². The lowest BCUT2D eigenvalue weighted by Crippen LogP contribution is -2.66. The topological polar surface area (TPSA) is 116 Å². The molecule has 3 unspecified atom stereocenters. The number of nitrogens with zero attached hydrogens (tertiary/aromatic N) is 2. The van der Waals surface area contributed by atoms with Gasteiger partial charge in [0.2, 0.25) is 5.91 Å². The second kappa shape index (κ2) is 18.1. The Hall–Kier alpha value is -5.00. The van der Waals surface area contributed by atoms with Gasteiger partial charge in [-0.05, 0) is 44.9 Å². The van der Waals surface area contributed by atoms with Gasteiger partial charge < -0.3 is 9.47 Å². The molecule has 0 spiro atoms. The second-order valence-corrected chi connectivity index (χ2v) is 19.3. The van der Waals surface area contributed by atoms with Crippen molar-refractivity contribution in [2.75, 3.05) is 5.75 Å². The van der Waals surface area contributed by atoms with Crippen molar-refractivity contribution in [1.29, 1.82) is 0 Å². The molecular formula is C42H37N2O7PS3. The Morgan fingerprint density at radius 2 is 1.31 bits per heavy atom. The number of hydrogen-bond acceptors (Lipinski definition) is 10. The fraction of sp³-hybridized carbons (Fsp3) is 0.167. The first-order valence-electron chi connectivity index (χ1n) is 17.4. The molecule has 1 aliphatic heterocycles. The minimum atomic E-state index is -3.29. The van der Waals surface area contributed by atoms with Crippen LogP contribution in [0.25, 0.3) is 0 Å². The molecule has 0 bridgehead atoms. The van der Waals surface area contributed by atoms with Crippen molar-refractivity contribution in [2.45, 2.75) is 31.9 Å². The molecule has 6 rings (SSSR count). The zero-order chi connectivity index (χ0) is 39.0. The lowest BCUT2D eigenvalue weighted by Gasteiger charge is -2.51. The summed E-state index contributed by atoms with van der Waals surface area (Å²) < 4.78 is 12.7. The first-order chi connectivity index (χ1) is 26.7. The first kappa shape index (κ1) is 39.7. The zero-order valence-electron chi connectivity index (χ0n) is 29.9. The Labute approximate surface area is 333 Å². The molecular weight excluding hydrogens is 772 g/mol. The lowest BCUT2D eigenvalue weighted by molar-refractivity contribution is -0.384. The summed E-state index contributed by atoms with van der Waals surface area (Å²) in [4.78, 5) is 55.4. The van der Waals surface area contributed by atoms with Crippen molar-refractivity contribution in [3.63, 3.8) is 0 Å². The number of thiocarbonyl (C=S) groups is 1. The van der Waals surface area contributed by atoms with Gasteiger partial charge in [0, 0.05) is 25.9 Å². The third-order valence-electron chi connectivity index (χ3n) is 8.99. The van der Waals surface area contributed by atoms with Gasteiger partial charge in [-0.1, -0.05) is 152 Å². The quantitative estimate of drug-likeness (QED) is 0.0294. The predicted octanol–water partition coefficient (Wildman–Crippen LogP) is 7.62. The highest BCUT2D eigenvalue weighted by molar-refractivity contribution is 8.47. The number of β-lactam (4-membered cyclic amide) rings is 1. The molecule has 0 N–H and O–H groups in total. The summed E-state index contributed by atoms with van der Waals surface area (Å²) in [6.07, 6.45) is -0.968. The van der Waals surface area contributed by atoms with Crippen LogP contribution in [0, 0.1) is 16.0 Å². The number of rotatable bonds is 13. The molecule has 1 amide bonds. The molecule has 5 aromatic rings. The summed E-state index contributed by atoms with van der Waals surface area (Å²) in [5.74, 6) is -1.94. The largest absolute Gasteiger partial charge is 0.457 e. The summed E-state index contributed by atoms with van der Waals surface area (Å²) in [7, 11) is 0. The molecule has 1 fully saturated rings. The van der Waals surface area contributed by atoms with Gasteiger partial charge in [0.25, 0.3) is 5.69 Å². The summed E-state index contributed by atoms with van der Waals surface area (Å²) in [6, 6.07) is 43.8. The van der Waals surface area contributed by atoms with E-state index < -0.39 is 47.1 Å². The predicted molar refractivity (Wildman–Crippen MR) is 226 cm³/mol. The number of carbonyl (C=O) groups excluding carboxylic acids is 3. The molecule has 0 aliphatic carbocycles. The summed E-state index contributed by atoms with van der Waals surface area (Å²) in [6.45, 7) is -0.216. The molecule has 55 heavy (non-hydrogen) atoms. The standard InChI is InChI=1S/C42H37N2O7PS3/c1-3-54-42(53)55-40-36(37(51-29(2)45)31-16-8-4-9-17-31)38(46)43(40)39(41(47)50-28-30-24-26-32(27-25-30)44(48)49)52(33-18-10-5-11-19-33,34-20-12-6-13-21-34)35-22-14-7-15-23-35/h4-27,36-37,40H,3,28H2,1-2H3. The van der Waals surface area contributed by atoms with Crippen LogP contribution in [0.5, 0.6) is 0 Å². The SMILES string of the molecule is CCSC(=S)SC1C(C(OC(C)=O)c2ccccc2)C(=O)N1C(C(=O)OCc1ccc([N+](=O)[O-])cc1)=P(c1ccccc1)(c1ccccc1)c1ccccc1.